The molecule has 0 saturated heterocycles. The van der Waals surface area contributed by atoms with Crippen LogP contribution < -0.4 is 5.32 Å². The van der Waals surface area contributed by atoms with Crippen LogP contribution in [0, 0.1) is 0 Å². The lowest BCUT2D eigenvalue weighted by molar-refractivity contribution is 0.0526. The number of unbranched alkanes of at least 4 members (excludes halogenated alkanes) is 2. The van der Waals surface area contributed by atoms with Crippen LogP contribution in [0.25, 0.3) is 0 Å². The summed E-state index contributed by atoms with van der Waals surface area (Å²) in [4.78, 5) is 29.4. The maximum absolute atomic E-state index is 13.2. The zero-order valence-electron chi connectivity index (χ0n) is 22.3. The molecule has 37 heavy (non-hydrogen) atoms. The fourth-order valence-electron chi connectivity index (χ4n) is 4.36. The molecule has 1 aromatic carbocycles. The maximum atomic E-state index is 13.2. The highest BCUT2D eigenvalue weighted by atomic mass is 32.2. The van der Waals surface area contributed by atoms with E-state index >= 15 is 0 Å². The van der Waals surface area contributed by atoms with E-state index in [1.54, 1.807) is 6.92 Å². The molecule has 1 amide bonds. The maximum Gasteiger partial charge on any atom is 0.341 e. The number of hydrogen-bond acceptors (Lipinski definition) is 7. The number of sulfonamides is 1. The number of rotatable bonds is 13. The highest BCUT2D eigenvalue weighted by Gasteiger charge is 2.29. The van der Waals surface area contributed by atoms with E-state index in [9.17, 15) is 18.0 Å². The molecular weight excluding hydrogens is 510 g/mol. The second kappa shape index (κ2) is 13.5. The van der Waals surface area contributed by atoms with Gasteiger partial charge in [-0.3, -0.25) is 9.69 Å². The number of fused-ring (bicyclic) bond motifs is 1. The molecule has 0 aliphatic carbocycles. The van der Waals surface area contributed by atoms with Crippen molar-refractivity contribution in [3.63, 3.8) is 0 Å². The summed E-state index contributed by atoms with van der Waals surface area (Å²) in [5, 5.41) is 3.37. The Morgan fingerprint density at radius 1 is 1.05 bits per heavy atom. The van der Waals surface area contributed by atoms with Crippen LogP contribution in [0.15, 0.2) is 29.2 Å². The number of nitrogens with zero attached hydrogens (tertiary/aromatic N) is 2. The second-order valence-corrected chi connectivity index (χ2v) is 12.2. The normalized spacial score (nSPS) is 14.0. The van der Waals surface area contributed by atoms with Crippen LogP contribution in [-0.4, -0.2) is 62.3 Å². The molecule has 0 spiro atoms. The second-order valence-electron chi connectivity index (χ2n) is 9.14. The predicted octanol–water partition coefficient (Wildman–Crippen LogP) is 5.15. The molecule has 10 heteroatoms. The van der Waals surface area contributed by atoms with E-state index in [0.29, 0.717) is 29.2 Å². The number of likely N-dealkylation sites (N-methyl/N-ethyl adjacent to an activating group) is 1. The van der Waals surface area contributed by atoms with Crippen molar-refractivity contribution in [1.29, 1.82) is 0 Å². The van der Waals surface area contributed by atoms with Gasteiger partial charge in [0.15, 0.2) is 0 Å². The van der Waals surface area contributed by atoms with Crippen molar-refractivity contribution in [1.82, 2.24) is 9.21 Å². The van der Waals surface area contributed by atoms with Crippen molar-refractivity contribution < 1.29 is 22.7 Å². The van der Waals surface area contributed by atoms with Crippen LogP contribution in [0.4, 0.5) is 5.00 Å². The van der Waals surface area contributed by atoms with Gasteiger partial charge in [0.25, 0.3) is 5.91 Å². The van der Waals surface area contributed by atoms with Gasteiger partial charge in [0.2, 0.25) is 10.0 Å². The van der Waals surface area contributed by atoms with Gasteiger partial charge in [0, 0.05) is 36.6 Å². The minimum Gasteiger partial charge on any atom is -0.462 e. The van der Waals surface area contributed by atoms with Crippen molar-refractivity contribution in [2.75, 3.05) is 38.1 Å². The van der Waals surface area contributed by atoms with Gasteiger partial charge in [-0.1, -0.05) is 33.6 Å². The summed E-state index contributed by atoms with van der Waals surface area (Å²) in [6.07, 6.45) is 4.14. The van der Waals surface area contributed by atoms with Crippen molar-refractivity contribution in [3.8, 4) is 0 Å². The Kier molecular flexibility index (Phi) is 10.7. The number of benzene rings is 1. The number of hydrogen-bond donors (Lipinski definition) is 1. The first-order chi connectivity index (χ1) is 17.8. The lowest BCUT2D eigenvalue weighted by Gasteiger charge is -2.25. The summed E-state index contributed by atoms with van der Waals surface area (Å²) in [6, 6.07) is 6.02. The standard InChI is InChI=1S/C27H39N3O5S2/c1-5-9-16-30(17-10-6-2)37(33,34)21-13-11-20(12-14-21)25(31)28-26-24(27(32)35-8-4)22-15-18-29(7-3)19-23(22)36-26/h11-14H,5-10,15-19H2,1-4H3,(H,28,31). The van der Waals surface area contributed by atoms with Crippen LogP contribution in [0.2, 0.25) is 0 Å². The Balaban J connectivity index is 1.82. The molecule has 0 unspecified atom stereocenters. The molecule has 1 aliphatic rings. The Bertz CT molecular complexity index is 1170. The predicted molar refractivity (Wildman–Crippen MR) is 148 cm³/mol. The van der Waals surface area contributed by atoms with Gasteiger partial charge >= 0.3 is 5.97 Å². The van der Waals surface area contributed by atoms with Crippen molar-refractivity contribution >= 4 is 38.2 Å². The van der Waals surface area contributed by atoms with Gasteiger partial charge in [-0.25, -0.2) is 13.2 Å². The molecule has 2 heterocycles. The number of carbonyl (C=O) groups excluding carboxylic acids is 2. The van der Waals surface area contributed by atoms with E-state index in [0.717, 1.165) is 62.2 Å². The van der Waals surface area contributed by atoms with Crippen LogP contribution in [0.5, 0.6) is 0 Å². The lowest BCUT2D eigenvalue weighted by atomic mass is 10.0. The summed E-state index contributed by atoms with van der Waals surface area (Å²) >= 11 is 1.41. The summed E-state index contributed by atoms with van der Waals surface area (Å²) in [7, 11) is -3.64. The van der Waals surface area contributed by atoms with E-state index < -0.39 is 21.9 Å². The number of amides is 1. The Morgan fingerprint density at radius 3 is 2.27 bits per heavy atom. The first kappa shape index (κ1) is 29.3. The van der Waals surface area contributed by atoms with E-state index in [2.05, 4.69) is 17.1 Å². The Hall–Kier alpha value is -2.27. The third kappa shape index (κ3) is 6.98. The summed E-state index contributed by atoms with van der Waals surface area (Å²) in [6.45, 7) is 11.6. The van der Waals surface area contributed by atoms with Gasteiger partial charge in [0.05, 0.1) is 17.1 Å². The third-order valence-corrected chi connectivity index (χ3v) is 9.61. The number of esters is 1. The molecule has 2 aromatic rings. The highest BCUT2D eigenvalue weighted by Crippen LogP contribution is 2.38. The van der Waals surface area contributed by atoms with Gasteiger partial charge in [0.1, 0.15) is 5.00 Å². The first-order valence-corrected chi connectivity index (χ1v) is 15.5. The summed E-state index contributed by atoms with van der Waals surface area (Å²) in [5.41, 5.74) is 1.71. The van der Waals surface area contributed by atoms with Crippen LogP contribution in [0.1, 0.15) is 84.5 Å². The van der Waals surface area contributed by atoms with Gasteiger partial charge in [-0.15, -0.1) is 11.3 Å². The minimum atomic E-state index is -3.64. The van der Waals surface area contributed by atoms with Crippen molar-refractivity contribution in [2.45, 2.75) is 71.2 Å². The van der Waals surface area contributed by atoms with Gasteiger partial charge in [-0.2, -0.15) is 4.31 Å². The van der Waals surface area contributed by atoms with E-state index in [4.69, 9.17) is 4.74 Å². The van der Waals surface area contributed by atoms with Gasteiger partial charge in [-0.05, 0) is 62.6 Å². The molecule has 0 saturated carbocycles. The highest BCUT2D eigenvalue weighted by molar-refractivity contribution is 7.89. The number of thiophene rings is 1. The first-order valence-electron chi connectivity index (χ1n) is 13.2. The topological polar surface area (TPSA) is 96.0 Å². The largest absolute Gasteiger partial charge is 0.462 e. The average molecular weight is 550 g/mol. The minimum absolute atomic E-state index is 0.176. The molecule has 8 nitrogen and oxygen atoms in total. The van der Waals surface area contributed by atoms with E-state index in [1.807, 2.05) is 13.8 Å². The van der Waals surface area contributed by atoms with Crippen LogP contribution >= 0.6 is 11.3 Å². The van der Waals surface area contributed by atoms with Crippen molar-refractivity contribution in [2.24, 2.45) is 0 Å². The monoisotopic (exact) mass is 549 g/mol. The summed E-state index contributed by atoms with van der Waals surface area (Å²) in [5.74, 6) is -0.824. The van der Waals surface area contributed by atoms with Crippen LogP contribution in [0.3, 0.4) is 0 Å². The molecule has 204 valence electrons. The molecule has 0 bridgehead atoms. The third-order valence-electron chi connectivity index (χ3n) is 6.57. The number of carbonyl (C=O) groups is 2. The van der Waals surface area contributed by atoms with Crippen molar-refractivity contribution in [3.05, 3.63) is 45.8 Å². The quantitative estimate of drug-likeness (QED) is 0.347. The van der Waals surface area contributed by atoms with E-state index in [-0.39, 0.29) is 11.5 Å². The smallest absolute Gasteiger partial charge is 0.341 e. The SMILES string of the molecule is CCCCN(CCCC)S(=O)(=O)c1ccc(C(=O)Nc2sc3c(c2C(=O)OCC)CCN(CC)C3)cc1. The number of nitrogens with one attached hydrogen (secondary N) is 1. The average Bonchev–Trinajstić information content (AvgIpc) is 3.25. The van der Waals surface area contributed by atoms with Gasteiger partial charge < -0.3 is 10.1 Å². The zero-order valence-corrected chi connectivity index (χ0v) is 24.0. The number of ether oxygens (including phenoxy) is 1. The molecule has 3 rings (SSSR count). The van der Waals surface area contributed by atoms with Crippen LogP contribution in [-0.2, 0) is 27.7 Å². The number of anilines is 1. The Morgan fingerprint density at radius 2 is 1.70 bits per heavy atom. The van der Waals surface area contributed by atoms with E-state index in [1.165, 1.54) is 39.9 Å². The molecule has 1 aromatic heterocycles. The lowest BCUT2D eigenvalue weighted by Crippen LogP contribution is -2.33. The molecule has 0 fully saturated rings. The fourth-order valence-corrected chi connectivity index (χ4v) is 7.15. The molecule has 0 atom stereocenters. The Labute approximate surface area is 225 Å². The summed E-state index contributed by atoms with van der Waals surface area (Å²) < 4.78 is 33.3. The molecule has 1 N–H and O–H groups in total. The molecule has 1 aliphatic heterocycles. The fraction of sp³-hybridized carbons (Fsp3) is 0.556. The molecular formula is C27H39N3O5S2. The zero-order chi connectivity index (χ0) is 27.0. The molecule has 0 radical (unpaired) electrons.